The van der Waals surface area contributed by atoms with Gasteiger partial charge in [-0.2, -0.15) is 0 Å². The number of ether oxygens (including phenoxy) is 2. The summed E-state index contributed by atoms with van der Waals surface area (Å²) in [5, 5.41) is 0. The van der Waals surface area contributed by atoms with Gasteiger partial charge in [0.25, 0.3) is 0 Å². The summed E-state index contributed by atoms with van der Waals surface area (Å²) in [4.78, 5) is 16.8. The Bertz CT molecular complexity index is 762. The molecule has 1 aliphatic heterocycles. The van der Waals surface area contributed by atoms with Crippen LogP contribution in [0.25, 0.3) is 5.76 Å². The summed E-state index contributed by atoms with van der Waals surface area (Å²) < 4.78 is 13.1. The fraction of sp³-hybridized carbons (Fsp3) is 0.368. The molecule has 0 aliphatic carbocycles. The van der Waals surface area contributed by atoms with Gasteiger partial charge in [0.15, 0.2) is 17.3 Å². The third kappa shape index (κ3) is 3.20. The standard InChI is InChI=1S/C19H22N2O3/c1-4-23-19(22)17-14(3)20-18-16(10-13(2)11-21(17)18)24-12-15-8-6-5-7-9-15/h5-10,13H,4,11-12H2,1-3H3. The molecular formula is C19H22N2O3. The Kier molecular flexibility index (Phi) is 4.69. The van der Waals surface area contributed by atoms with Gasteiger partial charge in [-0.25, -0.2) is 9.78 Å². The molecule has 24 heavy (non-hydrogen) atoms. The van der Waals surface area contributed by atoms with Crippen LogP contribution in [0.2, 0.25) is 0 Å². The van der Waals surface area contributed by atoms with E-state index in [1.807, 2.05) is 41.8 Å². The second kappa shape index (κ2) is 6.91. The predicted molar refractivity (Wildman–Crippen MR) is 91.3 cm³/mol. The van der Waals surface area contributed by atoms with Gasteiger partial charge in [-0.3, -0.25) is 0 Å². The summed E-state index contributed by atoms with van der Waals surface area (Å²) in [5.41, 5.74) is 2.29. The average molecular weight is 326 g/mol. The van der Waals surface area contributed by atoms with E-state index in [4.69, 9.17) is 9.47 Å². The fourth-order valence-corrected chi connectivity index (χ4v) is 2.92. The van der Waals surface area contributed by atoms with Crippen LogP contribution >= 0.6 is 0 Å². The highest BCUT2D eigenvalue weighted by atomic mass is 16.5. The number of fused-ring (bicyclic) bond motifs is 1. The molecule has 1 atom stereocenters. The normalized spacial score (nSPS) is 16.3. The Morgan fingerprint density at radius 1 is 1.33 bits per heavy atom. The van der Waals surface area contributed by atoms with Gasteiger partial charge in [0.05, 0.1) is 12.3 Å². The average Bonchev–Trinajstić information content (AvgIpc) is 2.89. The highest BCUT2D eigenvalue weighted by Crippen LogP contribution is 2.28. The van der Waals surface area contributed by atoms with Gasteiger partial charge >= 0.3 is 5.97 Å². The maximum absolute atomic E-state index is 12.2. The predicted octanol–water partition coefficient (Wildman–Crippen LogP) is 3.58. The van der Waals surface area contributed by atoms with E-state index in [1.54, 1.807) is 6.92 Å². The Labute approximate surface area is 141 Å². The van der Waals surface area contributed by atoms with E-state index >= 15 is 0 Å². The van der Waals surface area contributed by atoms with E-state index in [0.29, 0.717) is 37.0 Å². The molecule has 0 saturated heterocycles. The Balaban J connectivity index is 1.88. The Morgan fingerprint density at radius 2 is 2.08 bits per heavy atom. The smallest absolute Gasteiger partial charge is 0.356 e. The van der Waals surface area contributed by atoms with Crippen LogP contribution < -0.4 is 0 Å². The van der Waals surface area contributed by atoms with Gasteiger partial charge in [0.2, 0.25) is 0 Å². The number of rotatable bonds is 5. The van der Waals surface area contributed by atoms with Crippen molar-refractivity contribution in [1.82, 2.24) is 9.55 Å². The molecule has 2 aromatic rings. The number of aromatic nitrogens is 2. The Morgan fingerprint density at radius 3 is 2.79 bits per heavy atom. The van der Waals surface area contributed by atoms with E-state index in [2.05, 4.69) is 18.0 Å². The lowest BCUT2D eigenvalue weighted by Crippen LogP contribution is -2.21. The van der Waals surface area contributed by atoms with Crippen molar-refractivity contribution in [3.63, 3.8) is 0 Å². The van der Waals surface area contributed by atoms with Crippen LogP contribution in [0.5, 0.6) is 0 Å². The first-order valence-corrected chi connectivity index (χ1v) is 8.23. The first-order valence-electron chi connectivity index (χ1n) is 8.23. The van der Waals surface area contributed by atoms with Crippen LogP contribution in [0.4, 0.5) is 0 Å². The van der Waals surface area contributed by atoms with Crippen LogP contribution in [0, 0.1) is 12.8 Å². The minimum absolute atomic E-state index is 0.255. The number of allylic oxidation sites excluding steroid dienone is 1. The summed E-state index contributed by atoms with van der Waals surface area (Å²) in [5.74, 6) is 1.34. The van der Waals surface area contributed by atoms with Crippen molar-refractivity contribution in [1.29, 1.82) is 0 Å². The number of carbonyl (C=O) groups excluding carboxylic acids is 1. The largest absolute Gasteiger partial charge is 0.485 e. The minimum atomic E-state index is -0.328. The van der Waals surface area contributed by atoms with Gasteiger partial charge < -0.3 is 14.0 Å². The van der Waals surface area contributed by atoms with E-state index in [0.717, 1.165) is 11.3 Å². The van der Waals surface area contributed by atoms with Crippen molar-refractivity contribution in [2.75, 3.05) is 6.61 Å². The van der Waals surface area contributed by atoms with Crippen molar-refractivity contribution in [3.8, 4) is 0 Å². The molecule has 0 bridgehead atoms. The number of benzene rings is 1. The summed E-state index contributed by atoms with van der Waals surface area (Å²) in [7, 11) is 0. The number of aryl methyl sites for hydroxylation is 1. The lowest BCUT2D eigenvalue weighted by atomic mass is 10.1. The topological polar surface area (TPSA) is 53.3 Å². The van der Waals surface area contributed by atoms with E-state index in [-0.39, 0.29) is 11.9 Å². The van der Waals surface area contributed by atoms with Crippen molar-refractivity contribution in [3.05, 3.63) is 59.2 Å². The highest BCUT2D eigenvalue weighted by Gasteiger charge is 2.28. The zero-order chi connectivity index (χ0) is 17.1. The van der Waals surface area contributed by atoms with Crippen LogP contribution in [-0.2, 0) is 22.6 Å². The number of nitrogens with zero attached hydrogens (tertiary/aromatic N) is 2. The third-order valence-electron chi connectivity index (χ3n) is 3.97. The highest BCUT2D eigenvalue weighted by molar-refractivity contribution is 5.89. The zero-order valence-electron chi connectivity index (χ0n) is 14.3. The number of carbonyl (C=O) groups is 1. The molecule has 5 heteroatoms. The van der Waals surface area contributed by atoms with Crippen LogP contribution in [-0.4, -0.2) is 22.1 Å². The number of hydrogen-bond donors (Lipinski definition) is 0. The molecule has 0 fully saturated rings. The lowest BCUT2D eigenvalue weighted by molar-refractivity contribution is 0.0511. The minimum Gasteiger partial charge on any atom is -0.485 e. The monoisotopic (exact) mass is 326 g/mol. The number of hydrogen-bond acceptors (Lipinski definition) is 4. The molecule has 0 spiro atoms. The van der Waals surface area contributed by atoms with E-state index in [9.17, 15) is 4.79 Å². The SMILES string of the molecule is CCOC(=O)c1c(C)nc2n1CC(C)C=C2OCc1ccccc1. The zero-order valence-corrected chi connectivity index (χ0v) is 14.3. The quantitative estimate of drug-likeness (QED) is 0.788. The molecular weight excluding hydrogens is 304 g/mol. The third-order valence-corrected chi connectivity index (χ3v) is 3.97. The summed E-state index contributed by atoms with van der Waals surface area (Å²) in [6.45, 7) is 7.25. The van der Waals surface area contributed by atoms with Crippen LogP contribution in [0.3, 0.4) is 0 Å². The first-order chi connectivity index (χ1) is 11.6. The molecule has 0 saturated carbocycles. The molecule has 1 aliphatic rings. The Hall–Kier alpha value is -2.56. The molecule has 0 N–H and O–H groups in total. The number of imidazole rings is 1. The molecule has 5 nitrogen and oxygen atoms in total. The molecule has 1 aromatic carbocycles. The number of esters is 1. The maximum Gasteiger partial charge on any atom is 0.356 e. The molecule has 126 valence electrons. The summed E-state index contributed by atoms with van der Waals surface area (Å²) in [6.07, 6.45) is 2.07. The van der Waals surface area contributed by atoms with E-state index in [1.165, 1.54) is 0 Å². The van der Waals surface area contributed by atoms with Crippen molar-refractivity contribution < 1.29 is 14.3 Å². The van der Waals surface area contributed by atoms with Crippen molar-refractivity contribution in [2.24, 2.45) is 5.92 Å². The molecule has 1 unspecified atom stereocenters. The second-order valence-electron chi connectivity index (χ2n) is 5.98. The summed E-state index contributed by atoms with van der Waals surface area (Å²) in [6, 6.07) is 10.00. The van der Waals surface area contributed by atoms with Gasteiger partial charge in [-0.1, -0.05) is 37.3 Å². The van der Waals surface area contributed by atoms with Gasteiger partial charge in [-0.15, -0.1) is 0 Å². The van der Waals surface area contributed by atoms with Gasteiger partial charge in [-0.05, 0) is 31.4 Å². The molecule has 3 rings (SSSR count). The van der Waals surface area contributed by atoms with Crippen molar-refractivity contribution >= 4 is 11.7 Å². The molecule has 0 radical (unpaired) electrons. The fourth-order valence-electron chi connectivity index (χ4n) is 2.92. The molecule has 2 heterocycles. The van der Waals surface area contributed by atoms with Crippen LogP contribution in [0.15, 0.2) is 36.4 Å². The van der Waals surface area contributed by atoms with Crippen LogP contribution in [0.1, 0.15) is 41.4 Å². The maximum atomic E-state index is 12.2. The van der Waals surface area contributed by atoms with Gasteiger partial charge in [0, 0.05) is 6.54 Å². The van der Waals surface area contributed by atoms with E-state index < -0.39 is 0 Å². The second-order valence-corrected chi connectivity index (χ2v) is 5.98. The van der Waals surface area contributed by atoms with Crippen molar-refractivity contribution in [2.45, 2.75) is 33.9 Å². The lowest BCUT2D eigenvalue weighted by Gasteiger charge is -2.22. The first kappa shape index (κ1) is 16.3. The summed E-state index contributed by atoms with van der Waals surface area (Å²) >= 11 is 0. The van der Waals surface area contributed by atoms with Gasteiger partial charge in [0.1, 0.15) is 6.61 Å². The molecule has 0 amide bonds. The molecule has 1 aromatic heterocycles.